The van der Waals surface area contributed by atoms with Crippen LogP contribution in [0.25, 0.3) is 0 Å². The standard InChI is InChI=1S/C10H18N4/c1-9(2)11-7-8-14(3)10-5-4-6-12-13-10/h4-6,9,11H,7-8H2,1-3H3. The van der Waals surface area contributed by atoms with Gasteiger partial charge in [0.15, 0.2) is 5.82 Å². The molecule has 14 heavy (non-hydrogen) atoms. The Morgan fingerprint density at radius 1 is 1.50 bits per heavy atom. The van der Waals surface area contributed by atoms with E-state index in [0.717, 1.165) is 18.9 Å². The van der Waals surface area contributed by atoms with E-state index in [4.69, 9.17) is 0 Å². The molecule has 0 atom stereocenters. The second-order valence-corrected chi connectivity index (χ2v) is 3.61. The van der Waals surface area contributed by atoms with Crippen molar-refractivity contribution in [3.8, 4) is 0 Å². The van der Waals surface area contributed by atoms with E-state index in [-0.39, 0.29) is 0 Å². The summed E-state index contributed by atoms with van der Waals surface area (Å²) in [4.78, 5) is 2.09. The van der Waals surface area contributed by atoms with Crippen LogP contribution in [0.2, 0.25) is 0 Å². The van der Waals surface area contributed by atoms with E-state index in [2.05, 4.69) is 34.3 Å². The van der Waals surface area contributed by atoms with Crippen LogP contribution in [-0.2, 0) is 0 Å². The first kappa shape index (κ1) is 10.9. The van der Waals surface area contributed by atoms with Crippen molar-refractivity contribution in [1.29, 1.82) is 0 Å². The summed E-state index contributed by atoms with van der Waals surface area (Å²) >= 11 is 0. The average molecular weight is 194 g/mol. The third-order valence-corrected chi connectivity index (χ3v) is 1.95. The fourth-order valence-electron chi connectivity index (χ4n) is 1.13. The molecular formula is C10H18N4. The van der Waals surface area contributed by atoms with Gasteiger partial charge >= 0.3 is 0 Å². The monoisotopic (exact) mass is 194 g/mol. The molecule has 0 aliphatic rings. The highest BCUT2D eigenvalue weighted by molar-refractivity contribution is 5.34. The molecule has 0 amide bonds. The molecule has 4 heteroatoms. The van der Waals surface area contributed by atoms with Gasteiger partial charge in [-0.25, -0.2) is 0 Å². The number of rotatable bonds is 5. The Kier molecular flexibility index (Phi) is 4.32. The Morgan fingerprint density at radius 2 is 2.29 bits per heavy atom. The summed E-state index contributed by atoms with van der Waals surface area (Å²) in [6.07, 6.45) is 1.68. The van der Waals surface area contributed by atoms with Crippen LogP contribution in [0.15, 0.2) is 18.3 Å². The Balaban J connectivity index is 2.32. The highest BCUT2D eigenvalue weighted by Crippen LogP contribution is 2.03. The Hall–Kier alpha value is -1.16. The van der Waals surface area contributed by atoms with Crippen molar-refractivity contribution in [3.05, 3.63) is 18.3 Å². The van der Waals surface area contributed by atoms with E-state index in [1.165, 1.54) is 0 Å². The normalized spacial score (nSPS) is 10.6. The number of likely N-dealkylation sites (N-methyl/N-ethyl adjacent to an activating group) is 1. The zero-order chi connectivity index (χ0) is 10.4. The maximum absolute atomic E-state index is 4.02. The number of nitrogens with zero attached hydrogens (tertiary/aromatic N) is 3. The molecule has 0 aromatic carbocycles. The predicted molar refractivity (Wildman–Crippen MR) is 58.4 cm³/mol. The van der Waals surface area contributed by atoms with Gasteiger partial charge in [-0.05, 0) is 12.1 Å². The predicted octanol–water partition coefficient (Wildman–Crippen LogP) is 0.911. The van der Waals surface area contributed by atoms with Crippen molar-refractivity contribution in [3.63, 3.8) is 0 Å². The minimum atomic E-state index is 0.533. The Morgan fingerprint density at radius 3 is 2.86 bits per heavy atom. The third-order valence-electron chi connectivity index (χ3n) is 1.95. The maximum atomic E-state index is 4.02. The number of hydrogen-bond donors (Lipinski definition) is 1. The van der Waals surface area contributed by atoms with Crippen molar-refractivity contribution < 1.29 is 0 Å². The van der Waals surface area contributed by atoms with Crippen LogP contribution in [0.4, 0.5) is 5.82 Å². The lowest BCUT2D eigenvalue weighted by Gasteiger charge is -2.18. The molecule has 0 aliphatic heterocycles. The minimum Gasteiger partial charge on any atom is -0.357 e. The fourth-order valence-corrected chi connectivity index (χ4v) is 1.13. The summed E-state index contributed by atoms with van der Waals surface area (Å²) < 4.78 is 0. The first-order valence-electron chi connectivity index (χ1n) is 4.92. The Bertz CT molecular complexity index is 248. The Labute approximate surface area is 85.3 Å². The summed E-state index contributed by atoms with van der Waals surface area (Å²) in [6.45, 7) is 6.19. The molecule has 78 valence electrons. The van der Waals surface area contributed by atoms with Crippen molar-refractivity contribution in [2.75, 3.05) is 25.0 Å². The lowest BCUT2D eigenvalue weighted by molar-refractivity contribution is 0.588. The molecule has 0 saturated heterocycles. The van der Waals surface area contributed by atoms with Crippen LogP contribution in [0.5, 0.6) is 0 Å². The van der Waals surface area contributed by atoms with Crippen molar-refractivity contribution in [1.82, 2.24) is 15.5 Å². The van der Waals surface area contributed by atoms with E-state index >= 15 is 0 Å². The summed E-state index contributed by atoms with van der Waals surface area (Å²) in [5.74, 6) is 0.915. The van der Waals surface area contributed by atoms with Crippen LogP contribution in [0, 0.1) is 0 Å². The molecule has 0 saturated carbocycles. The molecule has 0 fully saturated rings. The SMILES string of the molecule is CC(C)NCCN(C)c1cccnn1. The fraction of sp³-hybridized carbons (Fsp3) is 0.600. The molecule has 0 spiro atoms. The lowest BCUT2D eigenvalue weighted by Crippen LogP contribution is -2.33. The second-order valence-electron chi connectivity index (χ2n) is 3.61. The van der Waals surface area contributed by atoms with E-state index in [9.17, 15) is 0 Å². The van der Waals surface area contributed by atoms with Gasteiger partial charge in [0, 0.05) is 32.4 Å². The highest BCUT2D eigenvalue weighted by Gasteiger charge is 2.01. The number of nitrogens with one attached hydrogen (secondary N) is 1. The van der Waals surface area contributed by atoms with E-state index < -0.39 is 0 Å². The zero-order valence-corrected chi connectivity index (χ0v) is 9.07. The molecule has 1 rings (SSSR count). The van der Waals surface area contributed by atoms with Crippen LogP contribution in [0.3, 0.4) is 0 Å². The van der Waals surface area contributed by atoms with Crippen LogP contribution >= 0.6 is 0 Å². The molecule has 4 nitrogen and oxygen atoms in total. The van der Waals surface area contributed by atoms with Crippen LogP contribution in [0.1, 0.15) is 13.8 Å². The van der Waals surface area contributed by atoms with Crippen molar-refractivity contribution >= 4 is 5.82 Å². The van der Waals surface area contributed by atoms with Gasteiger partial charge in [0.1, 0.15) is 0 Å². The number of hydrogen-bond acceptors (Lipinski definition) is 4. The van der Waals surface area contributed by atoms with E-state index in [0.29, 0.717) is 6.04 Å². The van der Waals surface area contributed by atoms with Gasteiger partial charge in [-0.2, -0.15) is 5.10 Å². The zero-order valence-electron chi connectivity index (χ0n) is 9.07. The van der Waals surface area contributed by atoms with E-state index in [1.807, 2.05) is 19.2 Å². The second kappa shape index (κ2) is 5.54. The molecular weight excluding hydrogens is 176 g/mol. The average Bonchev–Trinajstić information content (AvgIpc) is 2.18. The van der Waals surface area contributed by atoms with Gasteiger partial charge in [-0.1, -0.05) is 13.8 Å². The number of aromatic nitrogens is 2. The van der Waals surface area contributed by atoms with Crippen molar-refractivity contribution in [2.45, 2.75) is 19.9 Å². The van der Waals surface area contributed by atoms with Gasteiger partial charge in [-0.3, -0.25) is 0 Å². The van der Waals surface area contributed by atoms with Crippen LogP contribution in [-0.4, -0.2) is 36.4 Å². The van der Waals surface area contributed by atoms with Crippen LogP contribution < -0.4 is 10.2 Å². The molecule has 0 radical (unpaired) electrons. The van der Waals surface area contributed by atoms with Gasteiger partial charge in [-0.15, -0.1) is 5.10 Å². The first-order chi connectivity index (χ1) is 6.70. The topological polar surface area (TPSA) is 41.0 Å². The quantitative estimate of drug-likeness (QED) is 0.756. The maximum Gasteiger partial charge on any atom is 0.151 e. The minimum absolute atomic E-state index is 0.533. The molecule has 0 aliphatic carbocycles. The van der Waals surface area contributed by atoms with Gasteiger partial charge in [0.05, 0.1) is 0 Å². The molecule has 0 bridgehead atoms. The van der Waals surface area contributed by atoms with E-state index in [1.54, 1.807) is 6.20 Å². The molecule has 1 aromatic rings. The summed E-state index contributed by atoms with van der Waals surface area (Å²) in [5, 5.41) is 11.2. The molecule has 1 N–H and O–H groups in total. The molecule has 0 unspecified atom stereocenters. The van der Waals surface area contributed by atoms with Crippen molar-refractivity contribution in [2.24, 2.45) is 0 Å². The summed E-state index contributed by atoms with van der Waals surface area (Å²) in [5.41, 5.74) is 0. The van der Waals surface area contributed by atoms with Gasteiger partial charge in [0.2, 0.25) is 0 Å². The summed E-state index contributed by atoms with van der Waals surface area (Å²) in [7, 11) is 2.02. The van der Waals surface area contributed by atoms with Gasteiger partial charge in [0.25, 0.3) is 0 Å². The lowest BCUT2D eigenvalue weighted by atomic mass is 10.4. The summed E-state index contributed by atoms with van der Waals surface area (Å²) in [6, 6.07) is 4.39. The first-order valence-corrected chi connectivity index (χ1v) is 4.92. The van der Waals surface area contributed by atoms with Gasteiger partial charge < -0.3 is 10.2 Å². The highest BCUT2D eigenvalue weighted by atomic mass is 15.2. The molecule has 1 heterocycles. The molecule has 1 aromatic heterocycles. The largest absolute Gasteiger partial charge is 0.357 e. The smallest absolute Gasteiger partial charge is 0.151 e. The third kappa shape index (κ3) is 3.70. The number of anilines is 1.